The first-order valence-corrected chi connectivity index (χ1v) is 38.3. The highest BCUT2D eigenvalue weighted by molar-refractivity contribution is 6.26. The van der Waals surface area contributed by atoms with Crippen molar-refractivity contribution in [2.75, 3.05) is 9.80 Å². The van der Waals surface area contributed by atoms with Crippen LogP contribution in [0.5, 0.6) is 0 Å². The van der Waals surface area contributed by atoms with Crippen LogP contribution in [0.15, 0.2) is 251 Å². The molecule has 0 amide bonds. The van der Waals surface area contributed by atoms with Gasteiger partial charge in [0.05, 0.1) is 33.2 Å². The van der Waals surface area contributed by atoms with Crippen molar-refractivity contribution in [1.82, 2.24) is 4.57 Å². The third kappa shape index (κ3) is 11.6. The molecular weight excluding hydrogens is 1290 g/mol. The zero-order valence-corrected chi connectivity index (χ0v) is 66.3. The van der Waals surface area contributed by atoms with Gasteiger partial charge in [-0.25, -0.2) is 0 Å². The van der Waals surface area contributed by atoms with E-state index in [1.54, 1.807) is 0 Å². The summed E-state index contributed by atoms with van der Waals surface area (Å²) in [5, 5.41) is 6.66. The van der Waals surface area contributed by atoms with Gasteiger partial charge in [-0.05, 0) is 208 Å². The summed E-state index contributed by atoms with van der Waals surface area (Å²) in [6.45, 7) is 48.5. The van der Waals surface area contributed by atoms with E-state index in [0.717, 1.165) is 117 Å². The Hall–Kier alpha value is -10.4. The molecule has 0 saturated carbocycles. The lowest BCUT2D eigenvalue weighted by Gasteiger charge is -2.36. The molecule has 534 valence electrons. The molecule has 1 aliphatic carbocycles. The van der Waals surface area contributed by atoms with Gasteiger partial charge < -0.3 is 23.2 Å². The fourth-order valence-corrected chi connectivity index (χ4v) is 16.7. The van der Waals surface area contributed by atoms with Crippen molar-refractivity contribution >= 4 is 99.8 Å². The van der Waals surface area contributed by atoms with Crippen LogP contribution in [-0.2, 0) is 43.3 Å². The summed E-state index contributed by atoms with van der Waals surface area (Å²) in [5.41, 5.74) is 26.8. The summed E-state index contributed by atoms with van der Waals surface area (Å²) >= 11 is 0. The average molecular weight is 1390 g/mol. The number of nitrogens with zero attached hydrogens (tertiary/aromatic N) is 3. The maximum absolute atomic E-state index is 7.84. The summed E-state index contributed by atoms with van der Waals surface area (Å²) in [6, 6.07) is 93.4. The molecule has 16 rings (SSSR count). The number of aromatic nitrogens is 1. The lowest BCUT2D eigenvalue weighted by molar-refractivity contribution is 0.589. The van der Waals surface area contributed by atoms with E-state index in [4.69, 9.17) is 8.83 Å². The van der Waals surface area contributed by atoms with Gasteiger partial charge in [-0.15, -0.1) is 0 Å². The van der Waals surface area contributed by atoms with Gasteiger partial charge in [-0.3, -0.25) is 0 Å². The van der Waals surface area contributed by atoms with Crippen LogP contribution in [0.2, 0.25) is 0 Å². The molecule has 1 atom stereocenters. The third-order valence-corrected chi connectivity index (χ3v) is 23.0. The SMILES string of the molecule is CC(C)(C)c1ccc(N(c2ccc(C(C)(C)C)cc2)c2cc3c(c4c2oc2ccccc24)-c2c(cc(N(c4ccc(C(C)(C)C)cc4)c4ccc(C(C)(C)C)cc4)c4c2oc2ccccc24)C3(c2ccc(-n3c4ccc(C(C)(C)C)cc4c4cc(C(C)(C)C)ccc43)cc2)c2ccc(C(C)(C)C)cc2)cc1. The van der Waals surface area contributed by atoms with Gasteiger partial charge in [0.2, 0.25) is 0 Å². The van der Waals surface area contributed by atoms with Crippen LogP contribution < -0.4 is 9.80 Å². The number of hydrogen-bond acceptors (Lipinski definition) is 4. The predicted octanol–water partition coefficient (Wildman–Crippen LogP) is 29.0. The molecule has 3 heterocycles. The van der Waals surface area contributed by atoms with E-state index in [9.17, 15) is 0 Å². The quantitative estimate of drug-likeness (QED) is 0.144. The van der Waals surface area contributed by atoms with Crippen molar-refractivity contribution < 1.29 is 8.83 Å². The first-order chi connectivity index (χ1) is 50.0. The molecule has 15 aromatic rings. The Kier molecular flexibility index (Phi) is 16.1. The topological polar surface area (TPSA) is 37.7 Å². The molecule has 3 aromatic heterocycles. The summed E-state index contributed by atoms with van der Waals surface area (Å²) < 4.78 is 18.0. The van der Waals surface area contributed by atoms with E-state index in [1.807, 2.05) is 0 Å². The second kappa shape index (κ2) is 24.3. The molecule has 106 heavy (non-hydrogen) atoms. The lowest BCUT2D eigenvalue weighted by atomic mass is 9.67. The van der Waals surface area contributed by atoms with Crippen LogP contribution in [0.25, 0.3) is 82.5 Å². The van der Waals surface area contributed by atoms with Gasteiger partial charge in [0.1, 0.15) is 16.7 Å². The van der Waals surface area contributed by atoms with Gasteiger partial charge in [-0.2, -0.15) is 0 Å². The van der Waals surface area contributed by atoms with Crippen LogP contribution >= 0.6 is 0 Å². The maximum Gasteiger partial charge on any atom is 0.160 e. The Morgan fingerprint density at radius 2 is 0.585 bits per heavy atom. The van der Waals surface area contributed by atoms with Crippen LogP contribution in [-0.4, -0.2) is 4.57 Å². The molecule has 0 aliphatic heterocycles. The molecule has 1 aliphatic rings. The third-order valence-electron chi connectivity index (χ3n) is 23.0. The largest absolute Gasteiger partial charge is 0.455 e. The smallest absolute Gasteiger partial charge is 0.160 e. The molecule has 0 saturated heterocycles. The molecule has 0 fully saturated rings. The minimum atomic E-state index is -1.05. The number of benzene rings is 12. The van der Waals surface area contributed by atoms with Crippen LogP contribution in [0.4, 0.5) is 34.1 Å². The van der Waals surface area contributed by atoms with Crippen molar-refractivity contribution in [3.8, 4) is 16.8 Å². The lowest BCUT2D eigenvalue weighted by Crippen LogP contribution is -2.29. The van der Waals surface area contributed by atoms with Gasteiger partial charge in [0.25, 0.3) is 0 Å². The van der Waals surface area contributed by atoms with Crippen LogP contribution in [0, 0.1) is 0 Å². The highest BCUT2D eigenvalue weighted by Crippen LogP contribution is 2.65. The number of hydrogen-bond donors (Lipinski definition) is 0. The summed E-state index contributed by atoms with van der Waals surface area (Å²) in [4.78, 5) is 4.98. The van der Waals surface area contributed by atoms with Gasteiger partial charge in [0.15, 0.2) is 5.58 Å². The molecular formula is C101H103N3O2. The average Bonchev–Trinajstić information content (AvgIpc) is 1.50. The standard InChI is InChI=1S/C101H103N3O2/c1-94(2,3)62-30-32-67(33-31-62)101(68-42-54-75(55-43-68)104-82-56-44-69(99(16,17)18)58-78(82)79-59-70(100(19,20)21)45-57-83(79)104)80-61-85(103(73-50-38-65(39-51-73)97(10,11)12)74-52-40-66(41-53-74)98(13,14)15)92-89(77-27-23-25-29-87(77)105-92)90(80)91-81(101)60-84(88-76-26-22-24-28-86(76)106-93(88)91)102(71-46-34-63(35-47-71)95(4,5)6)72-48-36-64(37-49-72)96(7,8)9/h22-61H,1-21H3. The van der Waals surface area contributed by atoms with Crippen molar-refractivity contribution in [1.29, 1.82) is 0 Å². The maximum atomic E-state index is 7.84. The summed E-state index contributed by atoms with van der Waals surface area (Å²) in [5.74, 6) is 0. The highest BCUT2D eigenvalue weighted by atomic mass is 16.3. The molecule has 0 spiro atoms. The number of anilines is 6. The molecule has 5 heteroatoms. The number of rotatable bonds is 9. The second-order valence-electron chi connectivity index (χ2n) is 37.5. The Balaban J connectivity index is 1.09. The van der Waals surface area contributed by atoms with Crippen molar-refractivity contribution in [2.24, 2.45) is 0 Å². The minimum Gasteiger partial charge on any atom is -0.455 e. The van der Waals surface area contributed by atoms with E-state index in [1.165, 1.54) is 60.8 Å². The zero-order valence-electron chi connectivity index (χ0n) is 66.3. The fraction of sp³-hybridized carbons (Fsp3) is 0.287. The Morgan fingerprint density at radius 1 is 0.274 bits per heavy atom. The molecule has 0 radical (unpaired) electrons. The van der Waals surface area contributed by atoms with Gasteiger partial charge in [0, 0.05) is 66.5 Å². The number of furan rings is 2. The fourth-order valence-electron chi connectivity index (χ4n) is 16.7. The van der Waals surface area contributed by atoms with Crippen LogP contribution in [0.1, 0.15) is 207 Å². The van der Waals surface area contributed by atoms with E-state index in [-0.39, 0.29) is 37.9 Å². The molecule has 0 N–H and O–H groups in total. The second-order valence-corrected chi connectivity index (χ2v) is 37.5. The minimum absolute atomic E-state index is 0.0449. The molecule has 12 aromatic carbocycles. The zero-order chi connectivity index (χ0) is 74.9. The first kappa shape index (κ1) is 70.0. The van der Waals surface area contributed by atoms with Crippen molar-refractivity contribution in [2.45, 2.75) is 189 Å². The summed E-state index contributed by atoms with van der Waals surface area (Å²) in [6.07, 6.45) is 0. The molecule has 5 nitrogen and oxygen atoms in total. The highest BCUT2D eigenvalue weighted by Gasteiger charge is 2.51. The van der Waals surface area contributed by atoms with Crippen molar-refractivity contribution in [3.05, 3.63) is 304 Å². The Labute approximate surface area is 628 Å². The van der Waals surface area contributed by atoms with E-state index in [0.29, 0.717) is 0 Å². The van der Waals surface area contributed by atoms with Crippen molar-refractivity contribution in [3.63, 3.8) is 0 Å². The summed E-state index contributed by atoms with van der Waals surface area (Å²) in [7, 11) is 0. The van der Waals surface area contributed by atoms with Crippen LogP contribution in [0.3, 0.4) is 0 Å². The monoisotopic (exact) mass is 1390 g/mol. The Morgan fingerprint density at radius 3 is 0.972 bits per heavy atom. The van der Waals surface area contributed by atoms with E-state index >= 15 is 0 Å². The predicted molar refractivity (Wildman–Crippen MR) is 453 cm³/mol. The normalized spacial score (nSPS) is 14.7. The molecule has 0 bridgehead atoms. The molecule has 1 unspecified atom stereocenters. The van der Waals surface area contributed by atoms with E-state index < -0.39 is 5.41 Å². The number of fused-ring (bicyclic) bond motifs is 14. The van der Waals surface area contributed by atoms with E-state index in [2.05, 4.69) is 402 Å². The number of para-hydroxylation sites is 2. The van der Waals surface area contributed by atoms with Gasteiger partial charge >= 0.3 is 0 Å². The first-order valence-electron chi connectivity index (χ1n) is 38.3. The van der Waals surface area contributed by atoms with Gasteiger partial charge in [-0.1, -0.05) is 279 Å². The Bertz CT molecular complexity index is 5740.